The topological polar surface area (TPSA) is 111 Å². The molecular weight excluding hydrogens is 482 g/mol. The van der Waals surface area contributed by atoms with E-state index in [1.54, 1.807) is 53.7 Å². The van der Waals surface area contributed by atoms with Crippen molar-refractivity contribution in [3.05, 3.63) is 22.2 Å². The Morgan fingerprint density at radius 3 is 1.78 bits per heavy atom. The Hall–Kier alpha value is -2.62. The summed E-state index contributed by atoms with van der Waals surface area (Å²) in [6.45, 7) is 15.6. The second kappa shape index (κ2) is 8.38. The number of nitrogens with zero attached hydrogens (tertiary/aromatic N) is 3. The van der Waals surface area contributed by atoms with Gasteiger partial charge in [0.1, 0.15) is 11.2 Å². The molecule has 2 aromatic rings. The van der Waals surface area contributed by atoms with Crippen LogP contribution in [-0.2, 0) is 14.9 Å². The molecular formula is C22H30BrN3O6. The molecule has 2 amide bonds. The van der Waals surface area contributed by atoms with E-state index in [1.165, 1.54) is 0 Å². The van der Waals surface area contributed by atoms with Gasteiger partial charge >= 0.3 is 18.3 Å². The summed E-state index contributed by atoms with van der Waals surface area (Å²) >= 11 is 3.50. The van der Waals surface area contributed by atoms with Gasteiger partial charge in [-0.3, -0.25) is 0 Å². The number of ether oxygens (including phenoxy) is 2. The van der Waals surface area contributed by atoms with Gasteiger partial charge in [0, 0.05) is 4.47 Å². The first-order chi connectivity index (χ1) is 14.3. The molecule has 0 saturated carbocycles. The summed E-state index contributed by atoms with van der Waals surface area (Å²) in [4.78, 5) is 43.3. The van der Waals surface area contributed by atoms with Crippen LogP contribution < -0.4 is 4.90 Å². The summed E-state index contributed by atoms with van der Waals surface area (Å²) in [5.74, 6) is -0.431. The molecule has 176 valence electrons. The summed E-state index contributed by atoms with van der Waals surface area (Å²) in [6, 6.07) is 3.26. The highest BCUT2D eigenvalue weighted by Gasteiger charge is 2.38. The number of imidazole rings is 1. The van der Waals surface area contributed by atoms with Crippen molar-refractivity contribution in [2.45, 2.75) is 78.9 Å². The third-order valence-electron chi connectivity index (χ3n) is 4.05. The monoisotopic (exact) mass is 511 g/mol. The number of amides is 2. The molecule has 1 N–H and O–H groups in total. The Kier molecular flexibility index (Phi) is 6.72. The lowest BCUT2D eigenvalue weighted by Gasteiger charge is -2.27. The second-order valence-electron chi connectivity index (χ2n) is 10.4. The zero-order chi connectivity index (χ0) is 24.8. The van der Waals surface area contributed by atoms with Crippen molar-refractivity contribution in [3.8, 4) is 0 Å². The number of carbonyl (C=O) groups is 3. The van der Waals surface area contributed by atoms with Gasteiger partial charge in [-0.2, -0.15) is 0 Å². The Morgan fingerprint density at radius 2 is 1.41 bits per heavy atom. The van der Waals surface area contributed by atoms with Crippen molar-refractivity contribution in [1.29, 1.82) is 0 Å². The first-order valence-electron chi connectivity index (χ1n) is 10.0. The minimum absolute atomic E-state index is 0.220. The normalized spacial score (nSPS) is 12.6. The Bertz CT molecular complexity index is 1040. The van der Waals surface area contributed by atoms with Gasteiger partial charge in [0.2, 0.25) is 5.95 Å². The zero-order valence-corrected chi connectivity index (χ0v) is 21.4. The standard InChI is InChI=1S/C22H30BrN3O6/c1-20(2,3)14-12(23)10-11-13-15(14)24-16(25(13)17(27)28)26(18(29)31-21(4,5)6)19(30)32-22(7,8)9/h10-11H,1-9H3,(H,27,28). The molecule has 0 bridgehead atoms. The number of rotatable bonds is 1. The summed E-state index contributed by atoms with van der Waals surface area (Å²) in [7, 11) is 0. The van der Waals surface area contributed by atoms with E-state index in [9.17, 15) is 19.5 Å². The molecule has 0 saturated heterocycles. The van der Waals surface area contributed by atoms with Gasteiger partial charge in [-0.05, 0) is 64.7 Å². The van der Waals surface area contributed by atoms with E-state index >= 15 is 0 Å². The van der Waals surface area contributed by atoms with Crippen molar-refractivity contribution in [3.63, 3.8) is 0 Å². The summed E-state index contributed by atoms with van der Waals surface area (Å²) < 4.78 is 12.3. The van der Waals surface area contributed by atoms with Crippen molar-refractivity contribution < 1.29 is 29.0 Å². The van der Waals surface area contributed by atoms with Gasteiger partial charge in [0.25, 0.3) is 0 Å². The van der Waals surface area contributed by atoms with Crippen LogP contribution in [-0.4, -0.2) is 44.1 Å². The zero-order valence-electron chi connectivity index (χ0n) is 19.9. The molecule has 0 spiro atoms. The number of anilines is 1. The molecule has 10 heteroatoms. The third kappa shape index (κ3) is 5.59. The van der Waals surface area contributed by atoms with Gasteiger partial charge in [0.15, 0.2) is 0 Å². The molecule has 1 aromatic heterocycles. The van der Waals surface area contributed by atoms with Crippen LogP contribution in [0.1, 0.15) is 67.9 Å². The van der Waals surface area contributed by atoms with Crippen LogP contribution in [0, 0.1) is 0 Å². The third-order valence-corrected chi connectivity index (χ3v) is 4.71. The summed E-state index contributed by atoms with van der Waals surface area (Å²) in [5, 5.41) is 9.97. The van der Waals surface area contributed by atoms with Gasteiger partial charge < -0.3 is 14.6 Å². The number of benzene rings is 1. The van der Waals surface area contributed by atoms with Crippen LogP contribution in [0.5, 0.6) is 0 Å². The van der Waals surface area contributed by atoms with E-state index in [-0.39, 0.29) is 5.52 Å². The van der Waals surface area contributed by atoms with Crippen LogP contribution in [0.4, 0.5) is 20.3 Å². The van der Waals surface area contributed by atoms with Crippen LogP contribution in [0.25, 0.3) is 11.0 Å². The Morgan fingerprint density at radius 1 is 0.938 bits per heavy atom. The van der Waals surface area contributed by atoms with Gasteiger partial charge in [-0.25, -0.2) is 23.9 Å². The second-order valence-corrected chi connectivity index (χ2v) is 11.2. The van der Waals surface area contributed by atoms with E-state index in [4.69, 9.17) is 9.47 Å². The van der Waals surface area contributed by atoms with Crippen molar-refractivity contribution in [2.75, 3.05) is 4.90 Å². The fourth-order valence-corrected chi connectivity index (χ4v) is 3.93. The molecule has 1 heterocycles. The van der Waals surface area contributed by atoms with E-state index in [1.807, 2.05) is 20.8 Å². The molecule has 32 heavy (non-hydrogen) atoms. The van der Waals surface area contributed by atoms with E-state index < -0.39 is 40.8 Å². The molecule has 0 fully saturated rings. The van der Waals surface area contributed by atoms with Crippen LogP contribution in [0.2, 0.25) is 0 Å². The summed E-state index contributed by atoms with van der Waals surface area (Å²) in [6.07, 6.45) is -3.61. The summed E-state index contributed by atoms with van der Waals surface area (Å²) in [5.41, 5.74) is -1.03. The lowest BCUT2D eigenvalue weighted by molar-refractivity contribution is 0.0427. The molecule has 0 radical (unpaired) electrons. The number of carboxylic acid groups (broad SMARTS) is 1. The number of halogens is 1. The number of carbonyl (C=O) groups excluding carboxylic acids is 2. The molecule has 2 rings (SSSR count). The Balaban J connectivity index is 2.88. The molecule has 0 unspecified atom stereocenters. The fraction of sp³-hybridized carbons (Fsp3) is 0.545. The Labute approximate surface area is 195 Å². The SMILES string of the molecule is CC(C)(C)OC(=O)N(C(=O)OC(C)(C)C)c1nc2c(C(C)(C)C)c(Br)ccc2n1C(=O)O. The van der Waals surface area contributed by atoms with Crippen LogP contribution in [0.15, 0.2) is 16.6 Å². The fourth-order valence-electron chi connectivity index (χ4n) is 3.01. The number of aromatic nitrogens is 2. The average molecular weight is 512 g/mol. The number of hydrogen-bond acceptors (Lipinski definition) is 6. The maximum Gasteiger partial charge on any atom is 0.427 e. The highest BCUT2D eigenvalue weighted by atomic mass is 79.9. The predicted octanol–water partition coefficient (Wildman–Crippen LogP) is 6.30. The van der Waals surface area contributed by atoms with E-state index in [0.29, 0.717) is 10.4 Å². The predicted molar refractivity (Wildman–Crippen MR) is 125 cm³/mol. The highest BCUT2D eigenvalue weighted by molar-refractivity contribution is 9.10. The average Bonchev–Trinajstić information content (AvgIpc) is 2.88. The first kappa shape index (κ1) is 25.6. The maximum absolute atomic E-state index is 13.0. The maximum atomic E-state index is 13.0. The quantitative estimate of drug-likeness (QED) is 0.477. The molecule has 0 aliphatic rings. The smallest absolute Gasteiger partial charge is 0.427 e. The lowest BCUT2D eigenvalue weighted by Crippen LogP contribution is -2.45. The van der Waals surface area contributed by atoms with E-state index in [0.717, 1.165) is 14.6 Å². The van der Waals surface area contributed by atoms with Gasteiger partial charge in [-0.15, -0.1) is 4.90 Å². The molecule has 0 atom stereocenters. The van der Waals surface area contributed by atoms with Crippen molar-refractivity contribution >= 4 is 51.2 Å². The lowest BCUT2D eigenvalue weighted by atomic mass is 9.86. The van der Waals surface area contributed by atoms with Crippen LogP contribution >= 0.6 is 15.9 Å². The largest absolute Gasteiger partial charge is 0.464 e. The minimum atomic E-state index is -1.42. The number of hydrogen-bond donors (Lipinski definition) is 1. The molecule has 1 aromatic carbocycles. The highest BCUT2D eigenvalue weighted by Crippen LogP contribution is 2.38. The van der Waals surface area contributed by atoms with Gasteiger partial charge in [0.05, 0.1) is 11.0 Å². The van der Waals surface area contributed by atoms with Crippen LogP contribution in [0.3, 0.4) is 0 Å². The van der Waals surface area contributed by atoms with Crippen molar-refractivity contribution in [2.24, 2.45) is 0 Å². The first-order valence-corrected chi connectivity index (χ1v) is 10.8. The molecule has 9 nitrogen and oxygen atoms in total. The van der Waals surface area contributed by atoms with E-state index in [2.05, 4.69) is 20.9 Å². The minimum Gasteiger partial charge on any atom is -0.464 e. The number of imide groups is 1. The molecule has 0 aliphatic carbocycles. The van der Waals surface area contributed by atoms with Crippen molar-refractivity contribution in [1.82, 2.24) is 9.55 Å². The van der Waals surface area contributed by atoms with Gasteiger partial charge in [-0.1, -0.05) is 36.7 Å². The number of fused-ring (bicyclic) bond motifs is 1. The molecule has 0 aliphatic heterocycles.